The molecule has 0 unspecified atom stereocenters. The molecule has 2 rings (SSSR count). The molecule has 0 aliphatic rings. The largest absolute Gasteiger partial charge is 0.375 e. The van der Waals surface area contributed by atoms with E-state index < -0.39 is 0 Å². The number of aryl methyl sites for hydroxylation is 2. The van der Waals surface area contributed by atoms with Crippen LogP contribution in [0.2, 0.25) is 0 Å². The maximum absolute atomic E-state index is 8.00. The lowest BCUT2D eigenvalue weighted by molar-refractivity contribution is 0.131. The number of ether oxygens (including phenoxy) is 1. The van der Waals surface area contributed by atoms with Gasteiger partial charge in [-0.1, -0.05) is 29.8 Å². The Morgan fingerprint density at radius 3 is 2.71 bits per heavy atom. The third kappa shape index (κ3) is 2.74. The lowest BCUT2D eigenvalue weighted by Gasteiger charge is -1.98. The van der Waals surface area contributed by atoms with E-state index in [1.54, 1.807) is 12.1 Å². The van der Waals surface area contributed by atoms with Gasteiger partial charge in [0.2, 0.25) is 0 Å². The Morgan fingerprint density at radius 1 is 1.35 bits per heavy atom. The van der Waals surface area contributed by atoms with Crippen LogP contribution in [0, 0.1) is 13.8 Å². The van der Waals surface area contributed by atoms with Gasteiger partial charge in [-0.2, -0.15) is 0 Å². The van der Waals surface area contributed by atoms with Crippen LogP contribution in [-0.2, 0) is 11.3 Å². The maximum Gasteiger partial charge on any atom is 0.137 e. The van der Waals surface area contributed by atoms with E-state index in [4.69, 9.17) is 7.48 Å². The first-order valence-electron chi connectivity index (χ1n) is 6.74. The van der Waals surface area contributed by atoms with Gasteiger partial charge in [0.15, 0.2) is 0 Å². The van der Waals surface area contributed by atoms with E-state index in [0.29, 0.717) is 36.7 Å². The molecule has 1 aromatic carbocycles. The molecule has 0 saturated heterocycles. The summed E-state index contributed by atoms with van der Waals surface area (Å²) in [7, 11) is 0. The number of hydrogen-bond acceptors (Lipinski definition) is 2. The first-order valence-corrected chi connectivity index (χ1v) is 5.74. The van der Waals surface area contributed by atoms with E-state index >= 15 is 0 Å². The third-order valence-corrected chi connectivity index (χ3v) is 2.55. The van der Waals surface area contributed by atoms with Crippen LogP contribution in [-0.4, -0.2) is 16.6 Å². The molecule has 17 heavy (non-hydrogen) atoms. The topological polar surface area (TPSA) is 37.9 Å². The highest BCUT2D eigenvalue weighted by Crippen LogP contribution is 2.18. The van der Waals surface area contributed by atoms with Crippen LogP contribution in [0.25, 0.3) is 11.4 Å². The molecule has 0 aliphatic heterocycles. The Balaban J connectivity index is 2.42. The van der Waals surface area contributed by atoms with Crippen molar-refractivity contribution < 1.29 is 7.48 Å². The zero-order valence-corrected chi connectivity index (χ0v) is 10.4. The average Bonchev–Trinajstić information content (AvgIpc) is 2.66. The SMILES string of the molecule is [2H]c1cc(C)cc([2H])c1-c1nc(COCC)c(C)[nH]1. The Hall–Kier alpha value is -1.61. The predicted molar refractivity (Wildman–Crippen MR) is 68.8 cm³/mol. The fraction of sp³-hybridized carbons (Fsp3) is 0.357. The summed E-state index contributed by atoms with van der Waals surface area (Å²) in [5.41, 5.74) is 3.20. The van der Waals surface area contributed by atoms with Crippen LogP contribution < -0.4 is 0 Å². The zero-order chi connectivity index (χ0) is 14.0. The first-order chi connectivity index (χ1) is 9.02. The van der Waals surface area contributed by atoms with Gasteiger partial charge in [-0.25, -0.2) is 4.98 Å². The van der Waals surface area contributed by atoms with Gasteiger partial charge in [0, 0.05) is 17.9 Å². The quantitative estimate of drug-likeness (QED) is 0.878. The molecule has 0 saturated carbocycles. The molecule has 3 heteroatoms. The van der Waals surface area contributed by atoms with Crippen LogP contribution in [0.4, 0.5) is 0 Å². The van der Waals surface area contributed by atoms with Crippen LogP contribution in [0.1, 0.15) is 26.6 Å². The van der Waals surface area contributed by atoms with E-state index in [9.17, 15) is 0 Å². The second kappa shape index (κ2) is 5.15. The molecule has 0 radical (unpaired) electrons. The van der Waals surface area contributed by atoms with Crippen LogP contribution in [0.3, 0.4) is 0 Å². The Labute approximate surface area is 105 Å². The number of H-pyrrole nitrogens is 1. The second-order valence-corrected chi connectivity index (χ2v) is 3.99. The molecular formula is C14H18N2O. The molecule has 0 bridgehead atoms. The van der Waals surface area contributed by atoms with Crippen molar-refractivity contribution in [3.63, 3.8) is 0 Å². The van der Waals surface area contributed by atoms with Crippen molar-refractivity contribution in [3.05, 3.63) is 41.2 Å². The number of aromatic amines is 1. The molecule has 0 spiro atoms. The highest BCUT2D eigenvalue weighted by molar-refractivity contribution is 5.56. The van der Waals surface area contributed by atoms with E-state index in [1.807, 2.05) is 20.8 Å². The van der Waals surface area contributed by atoms with Crippen molar-refractivity contribution in [2.24, 2.45) is 0 Å². The Kier molecular flexibility index (Phi) is 2.85. The number of aromatic nitrogens is 2. The molecule has 0 amide bonds. The van der Waals surface area contributed by atoms with E-state index in [0.717, 1.165) is 17.0 Å². The molecule has 1 heterocycles. The molecule has 1 aromatic heterocycles. The van der Waals surface area contributed by atoms with E-state index in [1.165, 1.54) is 0 Å². The minimum Gasteiger partial charge on any atom is -0.375 e. The van der Waals surface area contributed by atoms with Gasteiger partial charge < -0.3 is 9.72 Å². The van der Waals surface area contributed by atoms with E-state index in [2.05, 4.69) is 9.97 Å². The van der Waals surface area contributed by atoms with Crippen molar-refractivity contribution in [2.45, 2.75) is 27.4 Å². The van der Waals surface area contributed by atoms with Crippen molar-refractivity contribution in [1.82, 2.24) is 9.97 Å². The maximum atomic E-state index is 8.00. The number of nitrogens with zero attached hydrogens (tertiary/aromatic N) is 1. The van der Waals surface area contributed by atoms with Crippen molar-refractivity contribution in [1.29, 1.82) is 0 Å². The van der Waals surface area contributed by atoms with Crippen LogP contribution >= 0.6 is 0 Å². The molecule has 1 N–H and O–H groups in total. The van der Waals surface area contributed by atoms with Gasteiger partial charge in [-0.3, -0.25) is 0 Å². The summed E-state index contributed by atoms with van der Waals surface area (Å²) < 4.78 is 21.3. The number of benzene rings is 1. The fourth-order valence-electron chi connectivity index (χ4n) is 1.55. The number of rotatable bonds is 4. The molecule has 90 valence electrons. The van der Waals surface area contributed by atoms with Crippen molar-refractivity contribution in [2.75, 3.05) is 6.61 Å². The third-order valence-electron chi connectivity index (χ3n) is 2.55. The van der Waals surface area contributed by atoms with Gasteiger partial charge in [0.25, 0.3) is 0 Å². The van der Waals surface area contributed by atoms with Gasteiger partial charge in [0.05, 0.1) is 15.0 Å². The second-order valence-electron chi connectivity index (χ2n) is 3.99. The number of hydrogen-bond donors (Lipinski definition) is 1. The monoisotopic (exact) mass is 232 g/mol. The van der Waals surface area contributed by atoms with Gasteiger partial charge in [-0.05, 0) is 20.8 Å². The molecule has 3 nitrogen and oxygen atoms in total. The van der Waals surface area contributed by atoms with Crippen molar-refractivity contribution in [3.8, 4) is 11.4 Å². The van der Waals surface area contributed by atoms with Gasteiger partial charge in [0.1, 0.15) is 5.82 Å². The normalized spacial score (nSPS) is 12.4. The van der Waals surface area contributed by atoms with Crippen LogP contribution in [0.15, 0.2) is 24.2 Å². The summed E-state index contributed by atoms with van der Waals surface area (Å²) >= 11 is 0. The zero-order valence-electron chi connectivity index (χ0n) is 12.4. The summed E-state index contributed by atoms with van der Waals surface area (Å²) in [6, 6.07) is 4.13. The lowest BCUT2D eigenvalue weighted by atomic mass is 10.1. The molecule has 2 aromatic rings. The number of imidazole rings is 1. The minimum atomic E-state index is 0.321. The highest BCUT2D eigenvalue weighted by atomic mass is 16.5. The summed E-state index contributed by atoms with van der Waals surface area (Å²) in [4.78, 5) is 7.59. The highest BCUT2D eigenvalue weighted by Gasteiger charge is 2.07. The number of nitrogens with one attached hydrogen (secondary N) is 1. The molecule has 0 aliphatic carbocycles. The molecule has 0 fully saturated rings. The minimum absolute atomic E-state index is 0.321. The van der Waals surface area contributed by atoms with Gasteiger partial charge >= 0.3 is 0 Å². The fourth-order valence-corrected chi connectivity index (χ4v) is 1.55. The Bertz CT molecular complexity index is 570. The summed E-state index contributed by atoms with van der Waals surface area (Å²) in [5, 5.41) is 0. The smallest absolute Gasteiger partial charge is 0.137 e. The summed E-state index contributed by atoms with van der Waals surface area (Å²) in [6.07, 6.45) is 0. The predicted octanol–water partition coefficient (Wildman–Crippen LogP) is 3.23. The van der Waals surface area contributed by atoms with Crippen LogP contribution in [0.5, 0.6) is 0 Å². The van der Waals surface area contributed by atoms with Gasteiger partial charge in [-0.15, -0.1) is 0 Å². The van der Waals surface area contributed by atoms with E-state index in [-0.39, 0.29) is 0 Å². The Morgan fingerprint density at radius 2 is 2.06 bits per heavy atom. The molecule has 0 atom stereocenters. The summed E-state index contributed by atoms with van der Waals surface area (Å²) in [5.74, 6) is 0.571. The summed E-state index contributed by atoms with van der Waals surface area (Å²) in [6.45, 7) is 6.83. The standard InChI is InChI=1S/C14H18N2O/c1-4-17-9-13-11(3)15-14(16-13)12-7-5-10(2)6-8-12/h5-8H,4,9H2,1-3H3,(H,15,16)/i7D,8D. The lowest BCUT2D eigenvalue weighted by Crippen LogP contribution is -1.93. The molecular weight excluding hydrogens is 212 g/mol. The first kappa shape index (κ1) is 9.42. The van der Waals surface area contributed by atoms with Crippen molar-refractivity contribution >= 4 is 0 Å². The average molecular weight is 232 g/mol.